The van der Waals surface area contributed by atoms with E-state index in [-0.39, 0.29) is 11.5 Å². The number of fused-ring (bicyclic) bond motifs is 3. The Balaban J connectivity index is 1.48. The molecule has 26 heavy (non-hydrogen) atoms. The molecular formula is C22H24N2O2. The van der Waals surface area contributed by atoms with Crippen LogP contribution in [0.2, 0.25) is 0 Å². The lowest BCUT2D eigenvalue weighted by Crippen LogP contribution is -2.37. The zero-order valence-corrected chi connectivity index (χ0v) is 15.5. The van der Waals surface area contributed by atoms with E-state index < -0.39 is 0 Å². The summed E-state index contributed by atoms with van der Waals surface area (Å²) in [6.07, 6.45) is 0.551. The van der Waals surface area contributed by atoms with Gasteiger partial charge < -0.3 is 14.6 Å². The molecule has 1 amide bonds. The second kappa shape index (κ2) is 6.20. The van der Waals surface area contributed by atoms with Gasteiger partial charge in [-0.15, -0.1) is 0 Å². The van der Waals surface area contributed by atoms with Crippen LogP contribution in [0.15, 0.2) is 48.5 Å². The third-order valence-corrected chi connectivity index (χ3v) is 5.07. The maximum absolute atomic E-state index is 12.6. The molecule has 1 aromatic heterocycles. The van der Waals surface area contributed by atoms with Gasteiger partial charge in [0.05, 0.1) is 6.54 Å². The minimum Gasteiger partial charge on any atom is -0.410 e. The number of rotatable bonds is 1. The quantitative estimate of drug-likeness (QED) is 0.671. The molecule has 4 rings (SSSR count). The molecule has 0 atom stereocenters. The number of hydrogen-bond donors (Lipinski definition) is 1. The lowest BCUT2D eigenvalue weighted by molar-refractivity contribution is 0.146. The van der Waals surface area contributed by atoms with Crippen LogP contribution in [0.25, 0.3) is 10.9 Å². The number of hydrogen-bond acceptors (Lipinski definition) is 2. The molecule has 1 aliphatic heterocycles. The summed E-state index contributed by atoms with van der Waals surface area (Å²) in [5.41, 5.74) is 4.86. The van der Waals surface area contributed by atoms with Gasteiger partial charge in [0.15, 0.2) is 0 Å². The molecule has 0 saturated carbocycles. The van der Waals surface area contributed by atoms with Crippen molar-refractivity contribution in [1.82, 2.24) is 9.88 Å². The Morgan fingerprint density at radius 1 is 1.08 bits per heavy atom. The monoisotopic (exact) mass is 348 g/mol. The number of benzene rings is 2. The zero-order valence-electron chi connectivity index (χ0n) is 15.5. The summed E-state index contributed by atoms with van der Waals surface area (Å²) in [5.74, 6) is 0.588. The number of aromatic amines is 1. The van der Waals surface area contributed by atoms with Gasteiger partial charge in [-0.25, -0.2) is 4.79 Å². The lowest BCUT2D eigenvalue weighted by Gasteiger charge is -2.26. The maximum atomic E-state index is 12.6. The van der Waals surface area contributed by atoms with Crippen molar-refractivity contribution in [2.45, 2.75) is 39.2 Å². The summed E-state index contributed by atoms with van der Waals surface area (Å²) < 4.78 is 5.58. The van der Waals surface area contributed by atoms with Gasteiger partial charge in [0.2, 0.25) is 0 Å². The van der Waals surface area contributed by atoms with Gasteiger partial charge in [0, 0.05) is 23.1 Å². The third kappa shape index (κ3) is 3.07. The number of H-pyrrole nitrogens is 1. The highest BCUT2D eigenvalue weighted by atomic mass is 16.6. The normalized spacial score (nSPS) is 14.3. The van der Waals surface area contributed by atoms with Gasteiger partial charge in [0.25, 0.3) is 0 Å². The number of carbonyl (C=O) groups excluding carboxylic acids is 1. The smallest absolute Gasteiger partial charge is 0.410 e. The standard InChI is InChI=1S/C22H24N2O2/c1-22(2,3)15-8-10-16(11-9-15)26-21(25)24-13-12-18-17-6-4-5-7-19(17)23-20(18)14-24/h4-11,23H,12-14H2,1-3H3. The molecule has 0 bridgehead atoms. The second-order valence-electron chi connectivity index (χ2n) is 7.94. The van der Waals surface area contributed by atoms with Gasteiger partial charge in [0.1, 0.15) is 5.75 Å². The fourth-order valence-corrected chi connectivity index (χ4v) is 3.54. The van der Waals surface area contributed by atoms with E-state index in [1.807, 2.05) is 30.3 Å². The molecule has 4 heteroatoms. The minimum atomic E-state index is -0.294. The fraction of sp³-hybridized carbons (Fsp3) is 0.318. The van der Waals surface area contributed by atoms with E-state index in [1.165, 1.54) is 16.5 Å². The van der Waals surface area contributed by atoms with Crippen molar-refractivity contribution in [2.24, 2.45) is 0 Å². The van der Waals surface area contributed by atoms with E-state index in [1.54, 1.807) is 4.90 Å². The molecule has 1 N–H and O–H groups in total. The number of para-hydroxylation sites is 1. The van der Waals surface area contributed by atoms with E-state index >= 15 is 0 Å². The van der Waals surface area contributed by atoms with Gasteiger partial charge in [-0.3, -0.25) is 0 Å². The van der Waals surface area contributed by atoms with Gasteiger partial charge in [-0.05, 0) is 41.2 Å². The summed E-state index contributed by atoms with van der Waals surface area (Å²) in [5, 5.41) is 1.26. The predicted molar refractivity (Wildman–Crippen MR) is 104 cm³/mol. The molecule has 2 heterocycles. The molecule has 0 spiro atoms. The summed E-state index contributed by atoms with van der Waals surface area (Å²) >= 11 is 0. The highest BCUT2D eigenvalue weighted by Crippen LogP contribution is 2.28. The van der Waals surface area contributed by atoms with Crippen LogP contribution in [0.4, 0.5) is 4.79 Å². The van der Waals surface area contributed by atoms with Crippen molar-refractivity contribution >= 4 is 17.0 Å². The Bertz CT molecular complexity index is 948. The fourth-order valence-electron chi connectivity index (χ4n) is 3.54. The van der Waals surface area contributed by atoms with Gasteiger partial charge in [-0.1, -0.05) is 51.1 Å². The summed E-state index contributed by atoms with van der Waals surface area (Å²) in [6, 6.07) is 16.1. The number of ether oxygens (including phenoxy) is 1. The van der Waals surface area contributed by atoms with Crippen LogP contribution < -0.4 is 4.74 Å². The van der Waals surface area contributed by atoms with E-state index in [0.29, 0.717) is 18.8 Å². The molecular weight excluding hydrogens is 324 g/mol. The molecule has 134 valence electrons. The topological polar surface area (TPSA) is 45.3 Å². The first kappa shape index (κ1) is 16.7. The van der Waals surface area contributed by atoms with Crippen molar-refractivity contribution in [3.63, 3.8) is 0 Å². The molecule has 0 unspecified atom stereocenters. The van der Waals surface area contributed by atoms with Gasteiger partial charge in [-0.2, -0.15) is 0 Å². The Kier molecular flexibility index (Phi) is 3.98. The summed E-state index contributed by atoms with van der Waals surface area (Å²) in [4.78, 5) is 17.8. The van der Waals surface area contributed by atoms with Crippen LogP contribution >= 0.6 is 0 Å². The van der Waals surface area contributed by atoms with Crippen LogP contribution in [0.5, 0.6) is 5.75 Å². The van der Waals surface area contributed by atoms with Crippen LogP contribution in [-0.2, 0) is 18.4 Å². The number of carbonyl (C=O) groups is 1. The zero-order chi connectivity index (χ0) is 18.3. The molecule has 1 aliphatic rings. The third-order valence-electron chi connectivity index (χ3n) is 5.07. The summed E-state index contributed by atoms with van der Waals surface area (Å²) in [7, 11) is 0. The summed E-state index contributed by atoms with van der Waals surface area (Å²) in [6.45, 7) is 7.73. The Hall–Kier alpha value is -2.75. The SMILES string of the molecule is CC(C)(C)c1ccc(OC(=O)N2CCc3c([nH]c4ccccc34)C2)cc1. The Labute approximate surface area is 153 Å². The van der Waals surface area contributed by atoms with Crippen LogP contribution in [0, 0.1) is 0 Å². The number of nitrogens with one attached hydrogen (secondary N) is 1. The largest absolute Gasteiger partial charge is 0.415 e. The van der Waals surface area contributed by atoms with Gasteiger partial charge >= 0.3 is 6.09 Å². The number of amides is 1. The number of nitrogens with zero attached hydrogens (tertiary/aromatic N) is 1. The second-order valence-corrected chi connectivity index (χ2v) is 7.94. The Morgan fingerprint density at radius 3 is 2.54 bits per heavy atom. The first-order chi connectivity index (χ1) is 12.4. The lowest BCUT2D eigenvalue weighted by atomic mass is 9.87. The first-order valence-electron chi connectivity index (χ1n) is 9.07. The average molecular weight is 348 g/mol. The van der Waals surface area contributed by atoms with E-state index in [9.17, 15) is 4.79 Å². The maximum Gasteiger partial charge on any atom is 0.415 e. The van der Waals surface area contributed by atoms with E-state index in [4.69, 9.17) is 4.74 Å². The molecule has 2 aromatic carbocycles. The molecule has 0 aliphatic carbocycles. The highest BCUT2D eigenvalue weighted by Gasteiger charge is 2.25. The first-order valence-corrected chi connectivity index (χ1v) is 9.07. The molecule has 0 radical (unpaired) electrons. The van der Waals surface area contributed by atoms with Crippen molar-refractivity contribution in [2.75, 3.05) is 6.54 Å². The molecule has 3 aromatic rings. The molecule has 0 fully saturated rings. The van der Waals surface area contributed by atoms with Crippen molar-refractivity contribution in [3.8, 4) is 5.75 Å². The van der Waals surface area contributed by atoms with E-state index in [0.717, 1.165) is 17.6 Å². The van der Waals surface area contributed by atoms with Crippen molar-refractivity contribution in [1.29, 1.82) is 0 Å². The van der Waals surface area contributed by atoms with Crippen molar-refractivity contribution in [3.05, 3.63) is 65.4 Å². The van der Waals surface area contributed by atoms with Crippen LogP contribution in [-0.4, -0.2) is 22.5 Å². The van der Waals surface area contributed by atoms with E-state index in [2.05, 4.69) is 44.0 Å². The Morgan fingerprint density at radius 2 is 1.81 bits per heavy atom. The number of aromatic nitrogens is 1. The molecule has 0 saturated heterocycles. The van der Waals surface area contributed by atoms with Crippen LogP contribution in [0.3, 0.4) is 0 Å². The van der Waals surface area contributed by atoms with Crippen molar-refractivity contribution < 1.29 is 9.53 Å². The predicted octanol–water partition coefficient (Wildman–Crippen LogP) is 5.02. The molecule has 4 nitrogen and oxygen atoms in total. The minimum absolute atomic E-state index is 0.0848. The van der Waals surface area contributed by atoms with Crippen LogP contribution in [0.1, 0.15) is 37.6 Å². The average Bonchev–Trinajstić information content (AvgIpc) is 2.99. The highest BCUT2D eigenvalue weighted by molar-refractivity contribution is 5.85.